The van der Waals surface area contributed by atoms with Crippen LogP contribution in [0.25, 0.3) is 0 Å². The van der Waals surface area contributed by atoms with E-state index in [1.54, 1.807) is 0 Å². The number of amides is 1. The molecule has 1 aromatic heterocycles. The molecule has 6 nitrogen and oxygen atoms in total. The highest BCUT2D eigenvalue weighted by Gasteiger charge is 2.32. The number of carbonyl (C=O) groups excluding carboxylic acids is 1. The summed E-state index contributed by atoms with van der Waals surface area (Å²) in [6, 6.07) is 15.5. The molecule has 0 spiro atoms. The predicted octanol–water partition coefficient (Wildman–Crippen LogP) is 3.56. The maximum atomic E-state index is 13.2. The van der Waals surface area contributed by atoms with Gasteiger partial charge in [-0.15, -0.1) is 10.2 Å². The average Bonchev–Trinajstić information content (AvgIpc) is 2.96. The molecule has 0 radical (unpaired) electrons. The van der Waals surface area contributed by atoms with Crippen LogP contribution < -0.4 is 10.1 Å². The lowest BCUT2D eigenvalue weighted by molar-refractivity contribution is -0.122. The van der Waals surface area contributed by atoms with Crippen molar-refractivity contribution in [2.24, 2.45) is 0 Å². The standard InChI is InChI=1S/C22H22N4O2/c27-22(23-14-20-25-24-19-12-2-1-7-13-26(19)20)21-15-8-3-5-10-17(15)28-18-11-6-4-9-16(18)21/h3-6,8-11,21H,1-2,7,12-14H2,(H,23,27). The van der Waals surface area contributed by atoms with E-state index >= 15 is 0 Å². The first-order valence-electron chi connectivity index (χ1n) is 9.85. The van der Waals surface area contributed by atoms with E-state index in [-0.39, 0.29) is 5.91 Å². The molecule has 1 amide bonds. The fraction of sp³-hybridized carbons (Fsp3) is 0.318. The molecule has 3 heterocycles. The Kier molecular flexibility index (Phi) is 4.31. The lowest BCUT2D eigenvalue weighted by atomic mass is 9.87. The van der Waals surface area contributed by atoms with Crippen LogP contribution in [-0.4, -0.2) is 20.7 Å². The van der Waals surface area contributed by atoms with Gasteiger partial charge in [0, 0.05) is 24.1 Å². The second-order valence-electron chi connectivity index (χ2n) is 7.32. The number of carbonyl (C=O) groups is 1. The van der Waals surface area contributed by atoms with Crippen LogP contribution in [0.3, 0.4) is 0 Å². The van der Waals surface area contributed by atoms with Crippen molar-refractivity contribution in [2.45, 2.75) is 44.7 Å². The van der Waals surface area contributed by atoms with Gasteiger partial charge in [0.15, 0.2) is 5.82 Å². The second-order valence-corrected chi connectivity index (χ2v) is 7.32. The Bertz CT molecular complexity index is 981. The summed E-state index contributed by atoms with van der Waals surface area (Å²) >= 11 is 0. The normalized spacial score (nSPS) is 15.6. The number of hydrogen-bond acceptors (Lipinski definition) is 4. The lowest BCUT2D eigenvalue weighted by Crippen LogP contribution is -2.32. The van der Waals surface area contributed by atoms with Crippen molar-refractivity contribution in [1.29, 1.82) is 0 Å². The zero-order valence-electron chi connectivity index (χ0n) is 15.6. The number of ether oxygens (including phenoxy) is 1. The minimum absolute atomic E-state index is 0.0471. The van der Waals surface area contributed by atoms with Gasteiger partial charge < -0.3 is 14.6 Å². The monoisotopic (exact) mass is 374 g/mol. The van der Waals surface area contributed by atoms with Crippen LogP contribution in [0.5, 0.6) is 11.5 Å². The summed E-state index contributed by atoms with van der Waals surface area (Å²) in [4.78, 5) is 13.2. The molecule has 5 rings (SSSR count). The predicted molar refractivity (Wildman–Crippen MR) is 104 cm³/mol. The minimum atomic E-state index is -0.396. The third-order valence-corrected chi connectivity index (χ3v) is 5.55. The highest BCUT2D eigenvalue weighted by atomic mass is 16.5. The highest BCUT2D eigenvalue weighted by molar-refractivity contribution is 5.89. The molecule has 28 heavy (non-hydrogen) atoms. The number of aryl methyl sites for hydroxylation is 1. The van der Waals surface area contributed by atoms with Crippen molar-refractivity contribution in [3.63, 3.8) is 0 Å². The van der Waals surface area contributed by atoms with E-state index in [9.17, 15) is 4.79 Å². The summed E-state index contributed by atoms with van der Waals surface area (Å²) in [7, 11) is 0. The van der Waals surface area contributed by atoms with E-state index in [1.165, 1.54) is 6.42 Å². The summed E-state index contributed by atoms with van der Waals surface area (Å²) in [5.74, 6) is 2.89. The summed E-state index contributed by atoms with van der Waals surface area (Å²) in [5.41, 5.74) is 1.78. The van der Waals surface area contributed by atoms with E-state index in [2.05, 4.69) is 20.1 Å². The number of fused-ring (bicyclic) bond motifs is 3. The van der Waals surface area contributed by atoms with Gasteiger partial charge in [-0.2, -0.15) is 0 Å². The van der Waals surface area contributed by atoms with Crippen molar-refractivity contribution in [1.82, 2.24) is 20.1 Å². The molecule has 1 N–H and O–H groups in total. The quantitative estimate of drug-likeness (QED) is 0.761. The maximum absolute atomic E-state index is 13.2. The Morgan fingerprint density at radius 3 is 2.46 bits per heavy atom. The fourth-order valence-corrected chi connectivity index (χ4v) is 4.14. The third-order valence-electron chi connectivity index (χ3n) is 5.55. The van der Waals surface area contributed by atoms with Gasteiger partial charge >= 0.3 is 0 Å². The molecular weight excluding hydrogens is 352 g/mol. The molecule has 2 aliphatic rings. The summed E-state index contributed by atoms with van der Waals surface area (Å²) < 4.78 is 8.16. The third kappa shape index (κ3) is 2.95. The van der Waals surface area contributed by atoms with Crippen LogP contribution in [0.1, 0.15) is 48.0 Å². The van der Waals surface area contributed by atoms with Crippen LogP contribution in [0, 0.1) is 0 Å². The number of rotatable bonds is 3. The Labute approximate surface area is 163 Å². The molecule has 0 atom stereocenters. The van der Waals surface area contributed by atoms with E-state index in [0.29, 0.717) is 6.54 Å². The number of nitrogens with one attached hydrogen (secondary N) is 1. The Morgan fingerprint density at radius 1 is 1.00 bits per heavy atom. The van der Waals surface area contributed by atoms with Crippen LogP contribution in [0.4, 0.5) is 0 Å². The Hall–Kier alpha value is -3.15. The van der Waals surface area contributed by atoms with E-state index in [0.717, 1.165) is 60.1 Å². The number of benzene rings is 2. The van der Waals surface area contributed by atoms with Gasteiger partial charge in [0.25, 0.3) is 0 Å². The zero-order chi connectivity index (χ0) is 18.9. The molecule has 2 aliphatic heterocycles. The summed E-state index contributed by atoms with van der Waals surface area (Å²) in [5, 5.41) is 11.7. The van der Waals surface area contributed by atoms with Gasteiger partial charge in [-0.3, -0.25) is 4.79 Å². The molecule has 6 heteroatoms. The van der Waals surface area contributed by atoms with E-state index in [4.69, 9.17) is 4.74 Å². The second kappa shape index (κ2) is 7.11. The number of nitrogens with zero attached hydrogens (tertiary/aromatic N) is 3. The van der Waals surface area contributed by atoms with Crippen molar-refractivity contribution < 1.29 is 9.53 Å². The molecular formula is C22H22N4O2. The molecule has 0 bridgehead atoms. The first-order chi connectivity index (χ1) is 13.8. The van der Waals surface area contributed by atoms with Crippen molar-refractivity contribution in [2.75, 3.05) is 0 Å². The fourth-order valence-electron chi connectivity index (χ4n) is 4.14. The molecule has 3 aromatic rings. The molecule has 0 saturated heterocycles. The van der Waals surface area contributed by atoms with Crippen LogP contribution in [-0.2, 0) is 24.3 Å². The average molecular weight is 374 g/mol. The topological polar surface area (TPSA) is 69.0 Å². The van der Waals surface area contributed by atoms with Gasteiger partial charge in [0.05, 0.1) is 12.5 Å². The number of hydrogen-bond donors (Lipinski definition) is 1. The zero-order valence-corrected chi connectivity index (χ0v) is 15.6. The van der Waals surface area contributed by atoms with Gasteiger partial charge in [-0.1, -0.05) is 42.8 Å². The maximum Gasteiger partial charge on any atom is 0.232 e. The number of aromatic nitrogens is 3. The molecule has 0 saturated carbocycles. The molecule has 0 fully saturated rings. The van der Waals surface area contributed by atoms with Gasteiger partial charge in [0.2, 0.25) is 5.91 Å². The first-order valence-corrected chi connectivity index (χ1v) is 9.85. The summed E-state index contributed by atoms with van der Waals surface area (Å²) in [6.07, 6.45) is 4.46. The molecule has 0 aliphatic carbocycles. The molecule has 142 valence electrons. The largest absolute Gasteiger partial charge is 0.457 e. The van der Waals surface area contributed by atoms with Crippen LogP contribution in [0.2, 0.25) is 0 Å². The van der Waals surface area contributed by atoms with Crippen LogP contribution in [0.15, 0.2) is 48.5 Å². The van der Waals surface area contributed by atoms with Crippen molar-refractivity contribution in [3.05, 3.63) is 71.3 Å². The number of para-hydroxylation sites is 2. The van der Waals surface area contributed by atoms with E-state index in [1.807, 2.05) is 48.5 Å². The van der Waals surface area contributed by atoms with Crippen LogP contribution >= 0.6 is 0 Å². The Balaban J connectivity index is 1.41. The lowest BCUT2D eigenvalue weighted by Gasteiger charge is -2.27. The SMILES string of the molecule is O=C(NCc1nnc2n1CCCCC2)C1c2ccccc2Oc2ccccc21. The van der Waals surface area contributed by atoms with Crippen molar-refractivity contribution in [3.8, 4) is 11.5 Å². The molecule has 2 aromatic carbocycles. The summed E-state index contributed by atoms with van der Waals surface area (Å²) in [6.45, 7) is 1.31. The van der Waals surface area contributed by atoms with Gasteiger partial charge in [-0.25, -0.2) is 0 Å². The highest BCUT2D eigenvalue weighted by Crippen LogP contribution is 2.43. The smallest absolute Gasteiger partial charge is 0.232 e. The molecule has 0 unspecified atom stereocenters. The first kappa shape index (κ1) is 17.0. The Morgan fingerprint density at radius 2 is 1.71 bits per heavy atom. The van der Waals surface area contributed by atoms with Crippen molar-refractivity contribution >= 4 is 5.91 Å². The van der Waals surface area contributed by atoms with Gasteiger partial charge in [-0.05, 0) is 25.0 Å². The van der Waals surface area contributed by atoms with E-state index < -0.39 is 5.92 Å². The van der Waals surface area contributed by atoms with Gasteiger partial charge in [0.1, 0.15) is 17.3 Å². The minimum Gasteiger partial charge on any atom is -0.457 e.